The lowest BCUT2D eigenvalue weighted by Crippen LogP contribution is -2.03. The maximum Gasteiger partial charge on any atom is 0.356 e. The van der Waals surface area contributed by atoms with E-state index in [1.165, 1.54) is 6.92 Å². The Balaban J connectivity index is 2.31. The van der Waals surface area contributed by atoms with Crippen LogP contribution in [0, 0.1) is 6.92 Å². The highest BCUT2D eigenvalue weighted by atomic mass is 32.1. The summed E-state index contributed by atoms with van der Waals surface area (Å²) >= 11 is 1.04. The molecule has 98 valence electrons. The molecule has 0 saturated heterocycles. The van der Waals surface area contributed by atoms with Gasteiger partial charge in [0, 0.05) is 12.6 Å². The highest BCUT2D eigenvalue weighted by Crippen LogP contribution is 2.26. The Hall–Kier alpha value is -2.21. The molecule has 0 aliphatic heterocycles. The van der Waals surface area contributed by atoms with Crippen LogP contribution in [0.5, 0.6) is 0 Å². The van der Waals surface area contributed by atoms with E-state index in [4.69, 9.17) is 5.11 Å². The van der Waals surface area contributed by atoms with Gasteiger partial charge in [-0.2, -0.15) is 0 Å². The second-order valence-corrected chi connectivity index (χ2v) is 5.05. The number of nitrogens with one attached hydrogen (secondary N) is 1. The van der Waals surface area contributed by atoms with Gasteiger partial charge < -0.3 is 10.4 Å². The maximum atomic E-state index is 11.4. The minimum Gasteiger partial charge on any atom is -0.476 e. The molecule has 1 heterocycles. The normalized spacial score (nSPS) is 10.2. The van der Waals surface area contributed by atoms with Gasteiger partial charge in [0.25, 0.3) is 0 Å². The van der Waals surface area contributed by atoms with E-state index in [-0.39, 0.29) is 16.4 Å². The molecule has 0 saturated carbocycles. The SMILES string of the molecule is CC(=O)c1sc(Nc2ccc(C)cc2)nc1C(=O)O. The average molecular weight is 276 g/mol. The fraction of sp³-hybridized carbons (Fsp3) is 0.154. The van der Waals surface area contributed by atoms with Crippen LogP contribution in [0.1, 0.15) is 32.6 Å². The van der Waals surface area contributed by atoms with Crippen LogP contribution < -0.4 is 5.32 Å². The van der Waals surface area contributed by atoms with Crippen LogP contribution in [-0.2, 0) is 0 Å². The second kappa shape index (κ2) is 5.19. The minimum atomic E-state index is -1.20. The Morgan fingerprint density at radius 2 is 1.89 bits per heavy atom. The number of carbonyl (C=O) groups is 2. The van der Waals surface area contributed by atoms with E-state index in [0.29, 0.717) is 5.13 Å². The Labute approximate surface area is 113 Å². The van der Waals surface area contributed by atoms with Crippen LogP contribution in [0.3, 0.4) is 0 Å². The molecule has 0 bridgehead atoms. The van der Waals surface area contributed by atoms with Gasteiger partial charge in [-0.3, -0.25) is 4.79 Å². The molecule has 0 atom stereocenters. The maximum absolute atomic E-state index is 11.4. The van der Waals surface area contributed by atoms with E-state index in [1.54, 1.807) is 0 Å². The third-order valence-corrected chi connectivity index (χ3v) is 3.52. The zero-order valence-electron chi connectivity index (χ0n) is 10.4. The fourth-order valence-electron chi connectivity index (χ4n) is 1.52. The first-order valence-electron chi connectivity index (χ1n) is 5.56. The first kappa shape index (κ1) is 13.2. The Morgan fingerprint density at radius 3 is 2.37 bits per heavy atom. The topological polar surface area (TPSA) is 79.3 Å². The van der Waals surface area contributed by atoms with E-state index in [1.807, 2.05) is 31.2 Å². The number of carboxylic acid groups (broad SMARTS) is 1. The largest absolute Gasteiger partial charge is 0.476 e. The lowest BCUT2D eigenvalue weighted by atomic mass is 10.2. The van der Waals surface area contributed by atoms with Crippen molar-refractivity contribution in [3.8, 4) is 0 Å². The van der Waals surface area contributed by atoms with Crippen molar-refractivity contribution in [3.05, 3.63) is 40.4 Å². The van der Waals surface area contributed by atoms with Crippen LogP contribution in [-0.4, -0.2) is 21.8 Å². The summed E-state index contributed by atoms with van der Waals surface area (Å²) in [6.45, 7) is 3.30. The molecular formula is C13H12N2O3S. The number of hydrogen-bond donors (Lipinski definition) is 2. The number of anilines is 2. The lowest BCUT2D eigenvalue weighted by molar-refractivity contribution is 0.0687. The zero-order valence-corrected chi connectivity index (χ0v) is 11.2. The van der Waals surface area contributed by atoms with Crippen LogP contribution >= 0.6 is 11.3 Å². The first-order chi connectivity index (χ1) is 8.97. The quantitative estimate of drug-likeness (QED) is 0.839. The number of benzene rings is 1. The van der Waals surface area contributed by atoms with Crippen molar-refractivity contribution >= 4 is 33.9 Å². The van der Waals surface area contributed by atoms with Crippen molar-refractivity contribution < 1.29 is 14.7 Å². The number of Topliss-reactive ketones (excluding diaryl/α,β-unsaturated/α-hetero) is 1. The van der Waals surface area contributed by atoms with Crippen molar-refractivity contribution in [2.45, 2.75) is 13.8 Å². The Kier molecular flexibility index (Phi) is 3.62. The summed E-state index contributed by atoms with van der Waals surface area (Å²) in [7, 11) is 0. The molecule has 0 spiro atoms. The van der Waals surface area contributed by atoms with Gasteiger partial charge in [0.15, 0.2) is 16.6 Å². The molecule has 0 aliphatic carbocycles. The highest BCUT2D eigenvalue weighted by molar-refractivity contribution is 7.17. The molecule has 1 aromatic carbocycles. The van der Waals surface area contributed by atoms with Crippen LogP contribution in [0.25, 0.3) is 0 Å². The van der Waals surface area contributed by atoms with E-state index < -0.39 is 5.97 Å². The number of hydrogen-bond acceptors (Lipinski definition) is 5. The van der Waals surface area contributed by atoms with E-state index in [0.717, 1.165) is 22.6 Å². The van der Waals surface area contributed by atoms with Gasteiger partial charge >= 0.3 is 5.97 Å². The van der Waals surface area contributed by atoms with Gasteiger partial charge in [0.2, 0.25) is 0 Å². The third-order valence-electron chi connectivity index (χ3n) is 2.45. The summed E-state index contributed by atoms with van der Waals surface area (Å²) in [6.07, 6.45) is 0. The highest BCUT2D eigenvalue weighted by Gasteiger charge is 2.20. The number of aryl methyl sites for hydroxylation is 1. The number of thiazole rings is 1. The zero-order chi connectivity index (χ0) is 14.0. The molecule has 2 rings (SSSR count). The predicted molar refractivity (Wildman–Crippen MR) is 73.5 cm³/mol. The number of carbonyl (C=O) groups excluding carboxylic acids is 1. The lowest BCUT2D eigenvalue weighted by Gasteiger charge is -2.01. The number of nitrogens with zero attached hydrogens (tertiary/aromatic N) is 1. The van der Waals surface area contributed by atoms with Crippen molar-refractivity contribution in [1.29, 1.82) is 0 Å². The molecule has 6 heteroatoms. The summed E-state index contributed by atoms with van der Waals surface area (Å²) in [5.74, 6) is -1.50. The Morgan fingerprint density at radius 1 is 1.26 bits per heavy atom. The first-order valence-corrected chi connectivity index (χ1v) is 6.38. The number of carboxylic acids is 1. The van der Waals surface area contributed by atoms with Gasteiger partial charge in [0.1, 0.15) is 4.88 Å². The minimum absolute atomic E-state index is 0.155. The summed E-state index contributed by atoms with van der Waals surface area (Å²) in [5.41, 5.74) is 1.72. The van der Waals surface area contributed by atoms with Crippen LogP contribution in [0.4, 0.5) is 10.8 Å². The van der Waals surface area contributed by atoms with Gasteiger partial charge in [-0.1, -0.05) is 29.0 Å². The predicted octanol–water partition coefficient (Wildman–Crippen LogP) is 3.10. The van der Waals surface area contributed by atoms with Crippen LogP contribution in [0.2, 0.25) is 0 Å². The monoisotopic (exact) mass is 276 g/mol. The number of rotatable bonds is 4. The smallest absolute Gasteiger partial charge is 0.356 e. The molecule has 5 nitrogen and oxygen atoms in total. The number of aromatic nitrogens is 1. The average Bonchev–Trinajstić information content (AvgIpc) is 2.76. The molecule has 1 aromatic heterocycles. The van der Waals surface area contributed by atoms with Gasteiger partial charge in [0.05, 0.1) is 0 Å². The fourth-order valence-corrected chi connectivity index (χ4v) is 2.39. The standard InChI is InChI=1S/C13H12N2O3S/c1-7-3-5-9(6-4-7)14-13-15-10(12(17)18)11(19-13)8(2)16/h3-6H,1-2H3,(H,14,15)(H,17,18). The second-order valence-electron chi connectivity index (χ2n) is 4.05. The molecule has 0 amide bonds. The molecule has 19 heavy (non-hydrogen) atoms. The summed E-state index contributed by atoms with van der Waals surface area (Å²) in [6, 6.07) is 7.59. The Bertz CT molecular complexity index is 600. The molecule has 0 aliphatic rings. The van der Waals surface area contributed by atoms with Gasteiger partial charge in [-0.25, -0.2) is 9.78 Å². The van der Waals surface area contributed by atoms with Crippen molar-refractivity contribution in [1.82, 2.24) is 4.98 Å². The van der Waals surface area contributed by atoms with Crippen LogP contribution in [0.15, 0.2) is 24.3 Å². The molecule has 0 fully saturated rings. The molecule has 0 radical (unpaired) electrons. The third kappa shape index (κ3) is 2.97. The summed E-state index contributed by atoms with van der Waals surface area (Å²) in [4.78, 5) is 26.5. The summed E-state index contributed by atoms with van der Waals surface area (Å²) in [5, 5.41) is 12.4. The van der Waals surface area contributed by atoms with Gasteiger partial charge in [-0.05, 0) is 19.1 Å². The molecule has 2 N–H and O–H groups in total. The molecule has 0 unspecified atom stereocenters. The van der Waals surface area contributed by atoms with Crippen molar-refractivity contribution in [2.24, 2.45) is 0 Å². The van der Waals surface area contributed by atoms with Crippen molar-refractivity contribution in [3.63, 3.8) is 0 Å². The van der Waals surface area contributed by atoms with Gasteiger partial charge in [-0.15, -0.1) is 0 Å². The van der Waals surface area contributed by atoms with E-state index in [2.05, 4.69) is 10.3 Å². The number of aromatic carboxylic acids is 1. The molecule has 2 aromatic rings. The summed E-state index contributed by atoms with van der Waals surface area (Å²) < 4.78 is 0. The van der Waals surface area contributed by atoms with Crippen molar-refractivity contribution in [2.75, 3.05) is 5.32 Å². The van der Waals surface area contributed by atoms with E-state index in [9.17, 15) is 9.59 Å². The number of ketones is 1. The molecular weight excluding hydrogens is 264 g/mol. The van der Waals surface area contributed by atoms with E-state index >= 15 is 0 Å².